The largest absolute Gasteiger partial charge is 0.0620 e. The van der Waals surface area contributed by atoms with Gasteiger partial charge in [-0.3, -0.25) is 0 Å². The van der Waals surface area contributed by atoms with E-state index in [0.29, 0.717) is 5.92 Å². The van der Waals surface area contributed by atoms with Gasteiger partial charge in [0, 0.05) is 0 Å². The van der Waals surface area contributed by atoms with E-state index in [-0.39, 0.29) is 0 Å². The average Bonchev–Trinajstić information content (AvgIpc) is 1.36. The van der Waals surface area contributed by atoms with Crippen molar-refractivity contribution in [3.63, 3.8) is 0 Å². The molecular weight excluding hydrogens is 72.1 g/mol. The normalized spacial score (nSPS) is 11.0. The van der Waals surface area contributed by atoms with E-state index in [2.05, 4.69) is 27.7 Å². The van der Waals surface area contributed by atoms with E-state index in [0.717, 1.165) is 0 Å². The molecule has 1 atom stereocenters. The molecule has 36 valence electrons. The molecule has 0 rings (SSSR count). The molecule has 0 saturated heterocycles. The van der Waals surface area contributed by atoms with Crippen LogP contribution >= 0.6 is 0 Å². The summed E-state index contributed by atoms with van der Waals surface area (Å²) < 4.78 is 0. The molecule has 0 aliphatic heterocycles. The van der Waals surface area contributed by atoms with Crippen LogP contribution in [0.15, 0.2) is 0 Å². The van der Waals surface area contributed by atoms with Gasteiger partial charge in [0.1, 0.15) is 0 Å². The van der Waals surface area contributed by atoms with Crippen LogP contribution in [0.25, 0.3) is 0 Å². The Morgan fingerprint density at radius 1 is 1.50 bits per heavy atom. The van der Waals surface area contributed by atoms with E-state index in [1.807, 2.05) is 0 Å². The van der Waals surface area contributed by atoms with Gasteiger partial charge in [-0.1, -0.05) is 20.8 Å². The molecule has 0 heterocycles. The summed E-state index contributed by atoms with van der Waals surface area (Å²) in [6.07, 6.45) is 0. The highest BCUT2D eigenvalue weighted by Gasteiger charge is 1.96. The molecule has 0 nitrogen and oxygen atoms in total. The molecule has 0 aliphatic rings. The van der Waals surface area contributed by atoms with Gasteiger partial charge in [-0.25, -0.2) is 0 Å². The predicted octanol–water partition coefficient (Wildman–Crippen LogP) is 2.07. The summed E-state index contributed by atoms with van der Waals surface area (Å²) in [6, 6.07) is 0. The van der Waals surface area contributed by atoms with Gasteiger partial charge in [-0.05, 0) is 18.8 Å². The highest BCUT2D eigenvalue weighted by atomic mass is 14.0. The van der Waals surface area contributed by atoms with Crippen molar-refractivity contribution >= 4 is 0 Å². The van der Waals surface area contributed by atoms with Crippen molar-refractivity contribution in [2.75, 3.05) is 0 Å². The summed E-state index contributed by atoms with van der Waals surface area (Å²) >= 11 is 0. The smallest absolute Gasteiger partial charge is 0.0275 e. The quantitative estimate of drug-likeness (QED) is 0.456. The van der Waals surface area contributed by atoms with Gasteiger partial charge < -0.3 is 0 Å². The van der Waals surface area contributed by atoms with Crippen LogP contribution in [0, 0.1) is 18.8 Å². The molecule has 0 fully saturated rings. The Hall–Kier alpha value is 0. The zero-order chi connectivity index (χ0) is 5.15. The lowest BCUT2D eigenvalue weighted by molar-refractivity contribution is 0.739. The standard InChI is InChI=1S/C6H12/c1-5(2)6(3)4/h5H,1H2,2-4H3. The lowest BCUT2D eigenvalue weighted by atomic mass is 10.0. The van der Waals surface area contributed by atoms with Crippen molar-refractivity contribution in [2.24, 2.45) is 5.92 Å². The highest BCUT2D eigenvalue weighted by molar-refractivity contribution is 4.84. The van der Waals surface area contributed by atoms with Gasteiger partial charge in [0.15, 0.2) is 0 Å². The summed E-state index contributed by atoms with van der Waals surface area (Å²) in [7, 11) is 0. The minimum absolute atomic E-state index is 0.519. The summed E-state index contributed by atoms with van der Waals surface area (Å²) in [5, 5.41) is 0. The van der Waals surface area contributed by atoms with E-state index in [4.69, 9.17) is 0 Å². The Kier molecular flexibility index (Phi) is 2.22. The summed E-state index contributed by atoms with van der Waals surface area (Å²) in [5.41, 5.74) is 0. The van der Waals surface area contributed by atoms with Gasteiger partial charge in [0.2, 0.25) is 0 Å². The topological polar surface area (TPSA) is 0 Å². The lowest BCUT2D eigenvalue weighted by Crippen LogP contribution is -1.93. The van der Waals surface area contributed by atoms with Crippen LogP contribution in [0.1, 0.15) is 20.8 Å². The van der Waals surface area contributed by atoms with Crippen LogP contribution in [0.5, 0.6) is 0 Å². The zero-order valence-corrected chi connectivity index (χ0v) is 4.78. The average molecular weight is 84.2 g/mol. The molecule has 0 aromatic carbocycles. The first kappa shape index (κ1) is 6.00. The fourth-order valence-electron chi connectivity index (χ4n) is 0. The third-order valence-electron chi connectivity index (χ3n) is 0.986. The summed E-state index contributed by atoms with van der Waals surface area (Å²) in [6.45, 7) is 10.1. The third-order valence-corrected chi connectivity index (χ3v) is 0.986. The molecular formula is C6H12. The Bertz CT molecular complexity index is 21.0. The van der Waals surface area contributed by atoms with Crippen LogP contribution in [0.3, 0.4) is 0 Å². The zero-order valence-electron chi connectivity index (χ0n) is 4.78. The van der Waals surface area contributed by atoms with Gasteiger partial charge in [-0.15, -0.1) is 0 Å². The monoisotopic (exact) mass is 84.1 g/mol. The Morgan fingerprint density at radius 2 is 1.67 bits per heavy atom. The molecule has 2 radical (unpaired) electrons. The molecule has 0 aromatic rings. The maximum atomic E-state index is 3.80. The van der Waals surface area contributed by atoms with Crippen LogP contribution in [-0.2, 0) is 0 Å². The minimum atomic E-state index is 0.519. The second kappa shape index (κ2) is 2.22. The van der Waals surface area contributed by atoms with E-state index in [1.54, 1.807) is 0 Å². The Balaban J connectivity index is 2.99. The fraction of sp³-hybridized carbons (Fsp3) is 0.667. The lowest BCUT2D eigenvalue weighted by Gasteiger charge is -2.04. The first-order valence-electron chi connectivity index (χ1n) is 2.27. The molecule has 0 spiro atoms. The fourth-order valence-corrected chi connectivity index (χ4v) is 0. The van der Waals surface area contributed by atoms with Crippen molar-refractivity contribution in [1.82, 2.24) is 0 Å². The summed E-state index contributed by atoms with van der Waals surface area (Å²) in [4.78, 5) is 0. The van der Waals surface area contributed by atoms with Crippen LogP contribution in [-0.4, -0.2) is 0 Å². The Morgan fingerprint density at radius 3 is 1.67 bits per heavy atom. The SMILES string of the molecule is [CH2]C(C)[C](C)C. The first-order chi connectivity index (χ1) is 2.64. The summed E-state index contributed by atoms with van der Waals surface area (Å²) in [5.74, 6) is 1.92. The number of hydrogen-bond donors (Lipinski definition) is 0. The van der Waals surface area contributed by atoms with Crippen molar-refractivity contribution in [1.29, 1.82) is 0 Å². The van der Waals surface area contributed by atoms with Gasteiger partial charge in [0.25, 0.3) is 0 Å². The maximum Gasteiger partial charge on any atom is -0.0275 e. The molecule has 0 amide bonds. The van der Waals surface area contributed by atoms with Crippen molar-refractivity contribution < 1.29 is 0 Å². The number of rotatable bonds is 1. The molecule has 0 heteroatoms. The molecule has 6 heavy (non-hydrogen) atoms. The number of hydrogen-bond acceptors (Lipinski definition) is 0. The second-order valence-electron chi connectivity index (χ2n) is 1.98. The molecule has 0 N–H and O–H groups in total. The Labute approximate surface area is 40.6 Å². The van der Waals surface area contributed by atoms with Crippen molar-refractivity contribution in [2.45, 2.75) is 20.8 Å². The predicted molar refractivity (Wildman–Crippen MR) is 29.1 cm³/mol. The van der Waals surface area contributed by atoms with Crippen LogP contribution in [0.2, 0.25) is 0 Å². The molecule has 1 unspecified atom stereocenters. The first-order valence-corrected chi connectivity index (χ1v) is 2.27. The highest BCUT2D eigenvalue weighted by Crippen LogP contribution is 2.07. The molecule has 0 aromatic heterocycles. The van der Waals surface area contributed by atoms with Crippen molar-refractivity contribution in [3.8, 4) is 0 Å². The van der Waals surface area contributed by atoms with Crippen LogP contribution < -0.4 is 0 Å². The van der Waals surface area contributed by atoms with E-state index >= 15 is 0 Å². The molecule has 0 bridgehead atoms. The van der Waals surface area contributed by atoms with Gasteiger partial charge in [0.05, 0.1) is 0 Å². The van der Waals surface area contributed by atoms with E-state index in [1.165, 1.54) is 5.92 Å². The second-order valence-corrected chi connectivity index (χ2v) is 1.98. The van der Waals surface area contributed by atoms with E-state index in [9.17, 15) is 0 Å². The maximum absolute atomic E-state index is 3.80. The van der Waals surface area contributed by atoms with Crippen LogP contribution in [0.4, 0.5) is 0 Å². The van der Waals surface area contributed by atoms with Gasteiger partial charge in [-0.2, -0.15) is 0 Å². The van der Waals surface area contributed by atoms with Gasteiger partial charge >= 0.3 is 0 Å². The molecule has 0 saturated carbocycles. The minimum Gasteiger partial charge on any atom is -0.0620 e. The van der Waals surface area contributed by atoms with Crippen molar-refractivity contribution in [3.05, 3.63) is 12.8 Å². The van der Waals surface area contributed by atoms with E-state index < -0.39 is 0 Å². The third kappa shape index (κ3) is 2.25. The molecule has 0 aliphatic carbocycles.